The van der Waals surface area contributed by atoms with Gasteiger partial charge in [-0.2, -0.15) is 0 Å². The van der Waals surface area contributed by atoms with Crippen LogP contribution in [0, 0.1) is 5.92 Å². The maximum absolute atomic E-state index is 4.91. The van der Waals surface area contributed by atoms with Crippen molar-refractivity contribution in [2.24, 2.45) is 5.92 Å². The van der Waals surface area contributed by atoms with Crippen LogP contribution >= 0.6 is 0 Å². The molecule has 1 aromatic heterocycles. The Morgan fingerprint density at radius 1 is 1.28 bits per heavy atom. The Kier molecular flexibility index (Phi) is 3.18. The lowest BCUT2D eigenvalue weighted by Gasteiger charge is -2.35. The molecule has 1 N–H and O–H groups in total. The Labute approximate surface area is 110 Å². The maximum atomic E-state index is 4.91. The molecule has 0 bridgehead atoms. The van der Waals surface area contributed by atoms with Crippen LogP contribution < -0.4 is 5.32 Å². The molecule has 3 nitrogen and oxygen atoms in total. The lowest BCUT2D eigenvalue weighted by atomic mass is 9.80. The Morgan fingerprint density at radius 2 is 2.06 bits per heavy atom. The number of hydrogen-bond acceptors (Lipinski definition) is 2. The highest BCUT2D eigenvalue weighted by Crippen LogP contribution is 2.39. The van der Waals surface area contributed by atoms with E-state index in [1.54, 1.807) is 0 Å². The van der Waals surface area contributed by atoms with E-state index in [1.807, 2.05) is 0 Å². The van der Waals surface area contributed by atoms with Crippen molar-refractivity contribution in [2.75, 3.05) is 6.54 Å². The third-order valence-corrected chi connectivity index (χ3v) is 4.71. The number of hydrogen-bond donors (Lipinski definition) is 1. The molecular weight excluding hydrogens is 222 g/mol. The number of fused-ring (bicyclic) bond motifs is 1. The number of nitrogens with one attached hydrogen (secondary N) is 1. The van der Waals surface area contributed by atoms with Gasteiger partial charge >= 0.3 is 0 Å². The SMILES string of the molecule is CC(C)c1nc2c(n1C(C)C1CCC1)CCNC2. The summed E-state index contributed by atoms with van der Waals surface area (Å²) in [4.78, 5) is 4.91. The molecule has 2 aliphatic rings. The molecule has 1 fully saturated rings. The smallest absolute Gasteiger partial charge is 0.112 e. The third kappa shape index (κ3) is 1.89. The zero-order valence-electron chi connectivity index (χ0n) is 11.9. The Morgan fingerprint density at radius 3 is 2.67 bits per heavy atom. The van der Waals surface area contributed by atoms with Crippen LogP contribution in [0.3, 0.4) is 0 Å². The van der Waals surface area contributed by atoms with Crippen LogP contribution in [0.2, 0.25) is 0 Å². The van der Waals surface area contributed by atoms with Gasteiger partial charge in [0.15, 0.2) is 0 Å². The topological polar surface area (TPSA) is 29.9 Å². The van der Waals surface area contributed by atoms with E-state index in [-0.39, 0.29) is 0 Å². The summed E-state index contributed by atoms with van der Waals surface area (Å²) in [6.07, 6.45) is 5.38. The van der Waals surface area contributed by atoms with Crippen molar-refractivity contribution in [3.63, 3.8) is 0 Å². The van der Waals surface area contributed by atoms with Crippen LogP contribution in [0.1, 0.15) is 69.2 Å². The molecule has 1 aliphatic heterocycles. The largest absolute Gasteiger partial charge is 0.328 e. The van der Waals surface area contributed by atoms with E-state index in [1.165, 1.54) is 36.5 Å². The van der Waals surface area contributed by atoms with Crippen LogP contribution in [0.15, 0.2) is 0 Å². The Bertz CT molecular complexity index is 429. The molecule has 0 radical (unpaired) electrons. The van der Waals surface area contributed by atoms with Gasteiger partial charge in [0.05, 0.1) is 5.69 Å². The highest BCUT2D eigenvalue weighted by molar-refractivity contribution is 5.23. The van der Waals surface area contributed by atoms with Gasteiger partial charge in [-0.25, -0.2) is 4.98 Å². The van der Waals surface area contributed by atoms with Crippen molar-refractivity contribution in [3.8, 4) is 0 Å². The first-order chi connectivity index (χ1) is 8.68. The summed E-state index contributed by atoms with van der Waals surface area (Å²) in [6, 6.07) is 0.644. The second-order valence-electron chi connectivity index (χ2n) is 6.25. The molecule has 0 aromatic carbocycles. The van der Waals surface area contributed by atoms with E-state index in [0.717, 1.165) is 25.4 Å². The quantitative estimate of drug-likeness (QED) is 0.890. The molecule has 1 atom stereocenters. The van der Waals surface area contributed by atoms with Crippen molar-refractivity contribution in [1.82, 2.24) is 14.9 Å². The summed E-state index contributed by atoms with van der Waals surface area (Å²) in [6.45, 7) is 9.00. The van der Waals surface area contributed by atoms with Gasteiger partial charge in [-0.3, -0.25) is 0 Å². The van der Waals surface area contributed by atoms with Crippen molar-refractivity contribution >= 4 is 0 Å². The average Bonchev–Trinajstić information content (AvgIpc) is 2.65. The molecule has 18 heavy (non-hydrogen) atoms. The number of imidazole rings is 1. The highest BCUT2D eigenvalue weighted by atomic mass is 15.1. The fraction of sp³-hybridized carbons (Fsp3) is 0.800. The number of aromatic nitrogens is 2. The second-order valence-corrected chi connectivity index (χ2v) is 6.25. The van der Waals surface area contributed by atoms with Crippen LogP contribution in [-0.4, -0.2) is 16.1 Å². The van der Waals surface area contributed by atoms with Crippen LogP contribution in [0.5, 0.6) is 0 Å². The van der Waals surface area contributed by atoms with E-state index in [2.05, 4.69) is 30.7 Å². The molecule has 2 heterocycles. The van der Waals surface area contributed by atoms with E-state index in [4.69, 9.17) is 4.98 Å². The lowest BCUT2D eigenvalue weighted by molar-refractivity contribution is 0.215. The summed E-state index contributed by atoms with van der Waals surface area (Å²) < 4.78 is 2.59. The summed E-state index contributed by atoms with van der Waals surface area (Å²) in [7, 11) is 0. The molecular formula is C15H25N3. The molecule has 1 unspecified atom stereocenters. The Hall–Kier alpha value is -0.830. The van der Waals surface area contributed by atoms with Gasteiger partial charge in [-0.1, -0.05) is 20.3 Å². The maximum Gasteiger partial charge on any atom is 0.112 e. The fourth-order valence-electron chi connectivity index (χ4n) is 3.35. The number of nitrogens with zero attached hydrogens (tertiary/aromatic N) is 2. The normalized spacial score (nSPS) is 21.8. The van der Waals surface area contributed by atoms with Gasteiger partial charge in [0.1, 0.15) is 5.82 Å². The zero-order valence-corrected chi connectivity index (χ0v) is 11.9. The Balaban J connectivity index is 2.00. The van der Waals surface area contributed by atoms with Gasteiger partial charge in [0.2, 0.25) is 0 Å². The molecule has 1 aromatic rings. The molecule has 3 rings (SSSR count). The molecule has 100 valence electrons. The van der Waals surface area contributed by atoms with Crippen molar-refractivity contribution in [1.29, 1.82) is 0 Å². The number of rotatable bonds is 3. The standard InChI is InChI=1S/C15H25N3/c1-10(2)15-17-13-9-16-8-7-14(13)18(15)11(3)12-5-4-6-12/h10-12,16H,4-9H2,1-3H3. The molecule has 3 heteroatoms. The van der Waals surface area contributed by atoms with Gasteiger partial charge in [0.25, 0.3) is 0 Å². The van der Waals surface area contributed by atoms with E-state index in [0.29, 0.717) is 12.0 Å². The predicted molar refractivity (Wildman–Crippen MR) is 73.8 cm³/mol. The average molecular weight is 247 g/mol. The van der Waals surface area contributed by atoms with Gasteiger partial charge < -0.3 is 9.88 Å². The summed E-state index contributed by atoms with van der Waals surface area (Å²) in [5.41, 5.74) is 2.81. The zero-order chi connectivity index (χ0) is 12.7. The molecule has 0 amide bonds. The van der Waals surface area contributed by atoms with Gasteiger partial charge in [-0.15, -0.1) is 0 Å². The first kappa shape index (κ1) is 12.2. The van der Waals surface area contributed by atoms with Crippen LogP contribution in [0.4, 0.5) is 0 Å². The van der Waals surface area contributed by atoms with E-state index < -0.39 is 0 Å². The first-order valence-corrected chi connectivity index (χ1v) is 7.49. The van der Waals surface area contributed by atoms with Gasteiger partial charge in [0, 0.05) is 37.2 Å². The first-order valence-electron chi connectivity index (χ1n) is 7.49. The van der Waals surface area contributed by atoms with Gasteiger partial charge in [-0.05, 0) is 25.7 Å². The molecule has 1 saturated carbocycles. The molecule has 1 aliphatic carbocycles. The minimum atomic E-state index is 0.526. The lowest BCUT2D eigenvalue weighted by Crippen LogP contribution is -2.29. The van der Waals surface area contributed by atoms with E-state index >= 15 is 0 Å². The fourth-order valence-corrected chi connectivity index (χ4v) is 3.35. The molecule has 0 saturated heterocycles. The summed E-state index contributed by atoms with van der Waals surface area (Å²) in [5.74, 6) is 2.72. The van der Waals surface area contributed by atoms with Crippen LogP contribution in [-0.2, 0) is 13.0 Å². The van der Waals surface area contributed by atoms with Crippen molar-refractivity contribution in [2.45, 2.75) is 65.0 Å². The molecule has 0 spiro atoms. The third-order valence-electron chi connectivity index (χ3n) is 4.71. The minimum absolute atomic E-state index is 0.526. The van der Waals surface area contributed by atoms with Crippen molar-refractivity contribution < 1.29 is 0 Å². The summed E-state index contributed by atoms with van der Waals surface area (Å²) in [5, 5.41) is 3.44. The van der Waals surface area contributed by atoms with Crippen molar-refractivity contribution in [3.05, 3.63) is 17.2 Å². The van der Waals surface area contributed by atoms with E-state index in [9.17, 15) is 0 Å². The highest BCUT2D eigenvalue weighted by Gasteiger charge is 2.30. The predicted octanol–water partition coefficient (Wildman–Crippen LogP) is 3.01. The monoisotopic (exact) mass is 247 g/mol. The second kappa shape index (κ2) is 4.69. The van der Waals surface area contributed by atoms with Crippen LogP contribution in [0.25, 0.3) is 0 Å². The summed E-state index contributed by atoms with van der Waals surface area (Å²) >= 11 is 0. The minimum Gasteiger partial charge on any atom is -0.328 e.